The van der Waals surface area contributed by atoms with Crippen LogP contribution in [0.4, 0.5) is 0 Å². The molecule has 32 heavy (non-hydrogen) atoms. The second kappa shape index (κ2) is 10.5. The number of fused-ring (bicyclic) bond motifs is 3. The SMILES string of the molecule is [B][B]B(B([B])[B])B(B([B])[B])C1(B(B([B])[B])B([B])B([B])[B])c2ccccc2-c2ccccc21. The van der Waals surface area contributed by atoms with E-state index in [0.717, 1.165) is 22.3 Å². The molecular formula is C13H8B19. The van der Waals surface area contributed by atoms with Crippen molar-refractivity contribution in [2.24, 2.45) is 0 Å². The van der Waals surface area contributed by atoms with E-state index in [-0.39, 0.29) is 0 Å². The molecule has 117 valence electrons. The topological polar surface area (TPSA) is 0 Å². The Morgan fingerprint density at radius 3 is 1.34 bits per heavy atom. The van der Waals surface area contributed by atoms with Crippen LogP contribution >= 0.6 is 0 Å². The van der Waals surface area contributed by atoms with Gasteiger partial charge in [-0.3, -0.25) is 0 Å². The smallest absolute Gasteiger partial charge is 0.0531 e. The largest absolute Gasteiger partial charge is 0.0620 e. The van der Waals surface area contributed by atoms with Gasteiger partial charge in [0.05, 0.1) is 13.0 Å². The minimum Gasteiger partial charge on any atom is -0.0620 e. The lowest BCUT2D eigenvalue weighted by Crippen LogP contribution is -2.80. The molecule has 0 heterocycles. The van der Waals surface area contributed by atoms with Crippen molar-refractivity contribution in [1.29, 1.82) is 0 Å². The molecule has 1 aliphatic carbocycles. The van der Waals surface area contributed by atoms with Crippen LogP contribution in [-0.4, -0.2) is 136 Å². The lowest BCUT2D eigenvalue weighted by atomic mass is 8.51. The van der Waals surface area contributed by atoms with Crippen molar-refractivity contribution in [1.82, 2.24) is 0 Å². The molecule has 0 bridgehead atoms. The van der Waals surface area contributed by atoms with Crippen molar-refractivity contribution in [2.45, 2.75) is 5.21 Å². The van der Waals surface area contributed by atoms with E-state index in [1.54, 1.807) is 0 Å². The predicted molar refractivity (Wildman–Crippen MR) is 162 cm³/mol. The molecule has 0 aromatic heterocycles. The summed E-state index contributed by atoms with van der Waals surface area (Å²) in [6.07, 6.45) is -5.00. The highest BCUT2D eigenvalue weighted by molar-refractivity contribution is 7.99. The molecule has 0 N–H and O–H groups in total. The van der Waals surface area contributed by atoms with Gasteiger partial charge in [0.2, 0.25) is 0 Å². The summed E-state index contributed by atoms with van der Waals surface area (Å²) in [5, 5.41) is -1.01. The highest BCUT2D eigenvalue weighted by Crippen LogP contribution is 2.52. The summed E-state index contributed by atoms with van der Waals surface area (Å²) in [7, 11) is 64.3. The van der Waals surface area contributed by atoms with E-state index in [1.165, 1.54) is 7.06 Å². The molecule has 0 spiro atoms. The maximum Gasteiger partial charge on any atom is 0.0531 e. The third kappa shape index (κ3) is 4.26. The standard InChI is InChI=1S/C13H8B19/c14-24-32(30(21)22)26(28(17)18)13(25(27(15)16)31(23)29(19)20)11-7-3-1-5-9(11)10-6-2-4-8-12(10)13/h1-8H. The minimum atomic E-state index is -1.01. The van der Waals surface area contributed by atoms with E-state index in [0.29, 0.717) is 0 Å². The molecular weight excluding hydrogens is 362 g/mol. The molecule has 0 nitrogen and oxygen atoms in total. The van der Waals surface area contributed by atoms with Crippen molar-refractivity contribution in [3.05, 3.63) is 59.7 Å². The summed E-state index contributed by atoms with van der Waals surface area (Å²) < 4.78 is 0. The zero-order valence-electron chi connectivity index (χ0n) is 18.1. The summed E-state index contributed by atoms with van der Waals surface area (Å²) >= 11 is 0. The molecule has 0 saturated carbocycles. The summed E-state index contributed by atoms with van der Waals surface area (Å²) in [6, 6.07) is 15.8. The Balaban J connectivity index is 2.50. The van der Waals surface area contributed by atoms with Crippen LogP contribution < -0.4 is 0 Å². The van der Waals surface area contributed by atoms with E-state index < -0.39 is 56.5 Å². The molecule has 21 radical (unpaired) electrons. The van der Waals surface area contributed by atoms with E-state index >= 15 is 0 Å². The first-order valence-corrected chi connectivity index (χ1v) is 10.6. The summed E-state index contributed by atoms with van der Waals surface area (Å²) in [5.41, 5.74) is 3.78. The zero-order chi connectivity index (χ0) is 23.8. The first-order chi connectivity index (χ1) is 15.1. The fourth-order valence-electron chi connectivity index (χ4n) is 5.70. The van der Waals surface area contributed by atoms with Gasteiger partial charge < -0.3 is 0 Å². The molecule has 1 aliphatic rings. The van der Waals surface area contributed by atoms with Crippen LogP contribution in [0.3, 0.4) is 0 Å². The molecule has 0 atom stereocenters. The van der Waals surface area contributed by atoms with Crippen molar-refractivity contribution in [3.8, 4) is 11.1 Å². The fraction of sp³-hybridized carbons (Fsp3) is 0.0769. The van der Waals surface area contributed by atoms with Gasteiger partial charge in [-0.05, 0) is 22.3 Å². The molecule has 0 fully saturated rings. The molecule has 3 rings (SSSR count). The highest BCUT2D eigenvalue weighted by Gasteiger charge is 2.59. The Kier molecular flexibility index (Phi) is 8.64. The Morgan fingerprint density at radius 1 is 0.562 bits per heavy atom. The van der Waals surface area contributed by atoms with Gasteiger partial charge >= 0.3 is 0 Å². The molecule has 2 aromatic carbocycles. The highest BCUT2D eigenvalue weighted by atomic mass is 14.3. The second-order valence-corrected chi connectivity index (χ2v) is 8.67. The maximum absolute atomic E-state index is 6.60. The van der Waals surface area contributed by atoms with E-state index in [9.17, 15) is 0 Å². The minimum absolute atomic E-state index is 0.600. The van der Waals surface area contributed by atoms with Crippen LogP contribution in [0.5, 0.6) is 0 Å². The summed E-state index contributed by atoms with van der Waals surface area (Å²) in [6.45, 7) is -1.30. The zero-order valence-corrected chi connectivity index (χ0v) is 18.1. The molecule has 2 aromatic rings. The van der Waals surface area contributed by atoms with Gasteiger partial charge in [-0.25, -0.2) is 0 Å². The number of hydrogen-bond acceptors (Lipinski definition) is 0. The van der Waals surface area contributed by atoms with Crippen molar-refractivity contribution >= 4 is 136 Å². The lowest BCUT2D eigenvalue weighted by Gasteiger charge is -2.53. The number of rotatable bonds is 9. The average molecular weight is 370 g/mol. The van der Waals surface area contributed by atoms with Gasteiger partial charge in [0.15, 0.2) is 0 Å². The van der Waals surface area contributed by atoms with Crippen LogP contribution in [0.25, 0.3) is 11.1 Å². The van der Waals surface area contributed by atoms with E-state index in [2.05, 4.69) is 0 Å². The van der Waals surface area contributed by atoms with Gasteiger partial charge in [-0.15, -0.1) is 0 Å². The van der Waals surface area contributed by atoms with Gasteiger partial charge in [0.1, 0.15) is 0 Å². The normalized spacial score (nSPS) is 12.6. The van der Waals surface area contributed by atoms with E-state index in [1.807, 2.05) is 48.5 Å². The third-order valence-electron chi connectivity index (χ3n) is 6.86. The average Bonchev–Trinajstić information content (AvgIpc) is 3.02. The Morgan fingerprint density at radius 2 is 1.00 bits per heavy atom. The Bertz CT molecular complexity index is 870. The Hall–Kier alpha value is -0.326. The van der Waals surface area contributed by atoms with Crippen molar-refractivity contribution in [2.75, 3.05) is 0 Å². The molecule has 19 heteroatoms. The molecule has 0 unspecified atom stereocenters. The number of hydrogen-bond donors (Lipinski definition) is 0. The third-order valence-corrected chi connectivity index (χ3v) is 6.86. The van der Waals surface area contributed by atoms with Crippen LogP contribution in [0.15, 0.2) is 48.5 Å². The second-order valence-electron chi connectivity index (χ2n) is 8.67. The summed E-state index contributed by atoms with van der Waals surface area (Å²) in [5.74, 6) is 0. The van der Waals surface area contributed by atoms with Gasteiger partial charge in [-0.1, -0.05) is 53.7 Å². The van der Waals surface area contributed by atoms with Gasteiger partial charge in [0, 0.05) is 123 Å². The fourth-order valence-corrected chi connectivity index (χ4v) is 5.70. The van der Waals surface area contributed by atoms with Crippen LogP contribution in [-0.2, 0) is 5.21 Å². The first-order valence-electron chi connectivity index (χ1n) is 10.6. The van der Waals surface area contributed by atoms with Crippen LogP contribution in [0, 0.1) is 0 Å². The maximum atomic E-state index is 6.60. The molecule has 0 amide bonds. The Labute approximate surface area is 211 Å². The van der Waals surface area contributed by atoms with Gasteiger partial charge in [0.25, 0.3) is 0 Å². The first kappa shape index (κ1) is 26.3. The van der Waals surface area contributed by atoms with Crippen LogP contribution in [0.1, 0.15) is 11.1 Å². The molecule has 0 aliphatic heterocycles. The summed E-state index contributed by atoms with van der Waals surface area (Å²) in [4.78, 5) is 0. The van der Waals surface area contributed by atoms with Crippen molar-refractivity contribution < 1.29 is 0 Å². The molecule has 0 saturated heterocycles. The van der Waals surface area contributed by atoms with Crippen LogP contribution in [0.2, 0.25) is 0 Å². The van der Waals surface area contributed by atoms with E-state index in [4.69, 9.17) is 77.4 Å². The van der Waals surface area contributed by atoms with Crippen molar-refractivity contribution in [3.63, 3.8) is 0 Å². The van der Waals surface area contributed by atoms with Gasteiger partial charge in [-0.2, -0.15) is 0 Å². The lowest BCUT2D eigenvalue weighted by molar-refractivity contribution is 1.06. The monoisotopic (exact) mass is 373 g/mol. The number of benzene rings is 2. The quantitative estimate of drug-likeness (QED) is 0.393. The predicted octanol–water partition coefficient (Wildman–Crippen LogP) is -4.27.